The molecule has 102 valence electrons. The number of aliphatic hydroxyl groups excluding tert-OH is 1. The summed E-state index contributed by atoms with van der Waals surface area (Å²) in [6.07, 6.45) is 6.32. The molecule has 0 radical (unpaired) electrons. The number of piperidine rings is 1. The van der Waals surface area contributed by atoms with Crippen molar-refractivity contribution in [2.75, 3.05) is 33.3 Å². The summed E-state index contributed by atoms with van der Waals surface area (Å²) in [5.41, 5.74) is -0.0973. The highest BCUT2D eigenvalue weighted by Crippen LogP contribution is 2.20. The molecule has 0 bridgehead atoms. The lowest BCUT2D eigenvalue weighted by Gasteiger charge is -2.33. The van der Waals surface area contributed by atoms with Crippen LogP contribution in [0.25, 0.3) is 0 Å². The van der Waals surface area contributed by atoms with Crippen molar-refractivity contribution in [2.24, 2.45) is 5.92 Å². The van der Waals surface area contributed by atoms with E-state index in [4.69, 9.17) is 0 Å². The third-order valence-electron chi connectivity index (χ3n) is 4.34. The van der Waals surface area contributed by atoms with Crippen LogP contribution in [0.4, 0.5) is 0 Å². The molecule has 1 heterocycles. The van der Waals surface area contributed by atoms with Crippen molar-refractivity contribution in [3.63, 3.8) is 0 Å². The molecule has 0 spiro atoms. The van der Waals surface area contributed by atoms with Crippen LogP contribution in [0.5, 0.6) is 0 Å². The monoisotopic (exact) mass is 242 g/mol. The summed E-state index contributed by atoms with van der Waals surface area (Å²) in [5, 5.41) is 12.5. The van der Waals surface area contributed by atoms with Gasteiger partial charge in [0, 0.05) is 12.1 Å². The average Bonchev–Trinajstić information content (AvgIpc) is 2.39. The van der Waals surface area contributed by atoms with E-state index >= 15 is 0 Å². The summed E-state index contributed by atoms with van der Waals surface area (Å²) in [6.45, 7) is 8.36. The second kappa shape index (κ2) is 7.34. The number of likely N-dealkylation sites (N-methyl/N-ethyl adjacent to an activating group) is 1. The van der Waals surface area contributed by atoms with E-state index in [1.165, 1.54) is 45.3 Å². The number of rotatable bonds is 7. The van der Waals surface area contributed by atoms with Crippen LogP contribution in [0.1, 0.15) is 46.0 Å². The molecule has 2 unspecified atom stereocenters. The number of likely N-dealkylation sites (tertiary alicyclic amines) is 1. The van der Waals surface area contributed by atoms with Crippen LogP contribution < -0.4 is 5.32 Å². The maximum atomic E-state index is 9.33. The molecule has 1 rings (SSSR count). The molecular weight excluding hydrogens is 212 g/mol. The first-order chi connectivity index (χ1) is 8.13. The molecule has 1 saturated heterocycles. The van der Waals surface area contributed by atoms with Crippen molar-refractivity contribution >= 4 is 0 Å². The van der Waals surface area contributed by atoms with Crippen LogP contribution in [-0.4, -0.2) is 48.8 Å². The van der Waals surface area contributed by atoms with Crippen molar-refractivity contribution in [3.05, 3.63) is 0 Å². The van der Waals surface area contributed by atoms with Gasteiger partial charge >= 0.3 is 0 Å². The zero-order valence-corrected chi connectivity index (χ0v) is 11.8. The molecule has 0 aromatic rings. The van der Waals surface area contributed by atoms with Crippen LogP contribution in [0, 0.1) is 5.92 Å². The Labute approximate surface area is 107 Å². The van der Waals surface area contributed by atoms with Gasteiger partial charge in [-0.25, -0.2) is 0 Å². The SMILES string of the molecule is CCC1CCCN(CCCC(C)(CO)NC)C1. The lowest BCUT2D eigenvalue weighted by Crippen LogP contribution is -2.44. The second-order valence-corrected chi connectivity index (χ2v) is 5.79. The van der Waals surface area contributed by atoms with E-state index < -0.39 is 0 Å². The third-order valence-corrected chi connectivity index (χ3v) is 4.34. The molecule has 2 atom stereocenters. The first-order valence-corrected chi connectivity index (χ1v) is 7.15. The van der Waals surface area contributed by atoms with Gasteiger partial charge in [0.05, 0.1) is 6.61 Å². The normalized spacial score (nSPS) is 25.8. The van der Waals surface area contributed by atoms with Crippen LogP contribution in [0.15, 0.2) is 0 Å². The van der Waals surface area contributed by atoms with E-state index in [1.54, 1.807) is 0 Å². The Morgan fingerprint density at radius 2 is 2.24 bits per heavy atom. The van der Waals surface area contributed by atoms with Crippen LogP contribution in [0.2, 0.25) is 0 Å². The molecule has 1 aliphatic rings. The molecule has 3 heteroatoms. The fourth-order valence-electron chi connectivity index (χ4n) is 2.66. The van der Waals surface area contributed by atoms with E-state index in [0.717, 1.165) is 12.3 Å². The predicted octanol–water partition coefficient (Wildman–Crippen LogP) is 1.86. The molecular formula is C14H30N2O. The minimum Gasteiger partial charge on any atom is -0.394 e. The Hall–Kier alpha value is -0.120. The van der Waals surface area contributed by atoms with Crippen molar-refractivity contribution in [1.82, 2.24) is 10.2 Å². The number of nitrogens with zero attached hydrogens (tertiary/aromatic N) is 1. The zero-order valence-electron chi connectivity index (χ0n) is 11.8. The van der Waals surface area contributed by atoms with Gasteiger partial charge in [-0.1, -0.05) is 13.3 Å². The van der Waals surface area contributed by atoms with Gasteiger partial charge in [-0.3, -0.25) is 0 Å². The third kappa shape index (κ3) is 4.94. The Morgan fingerprint density at radius 1 is 1.47 bits per heavy atom. The largest absolute Gasteiger partial charge is 0.394 e. The van der Waals surface area contributed by atoms with Gasteiger partial charge in [0.25, 0.3) is 0 Å². The van der Waals surface area contributed by atoms with Gasteiger partial charge < -0.3 is 15.3 Å². The Kier molecular flexibility index (Phi) is 6.45. The van der Waals surface area contributed by atoms with Crippen LogP contribution in [0.3, 0.4) is 0 Å². The molecule has 0 aromatic heterocycles. The number of nitrogens with one attached hydrogen (secondary N) is 1. The van der Waals surface area contributed by atoms with Crippen molar-refractivity contribution in [1.29, 1.82) is 0 Å². The molecule has 0 saturated carbocycles. The molecule has 1 fully saturated rings. The Morgan fingerprint density at radius 3 is 2.82 bits per heavy atom. The average molecular weight is 242 g/mol. The molecule has 3 nitrogen and oxygen atoms in total. The molecule has 0 aliphatic carbocycles. The molecule has 0 aromatic carbocycles. The van der Waals surface area contributed by atoms with Gasteiger partial charge in [-0.05, 0) is 58.7 Å². The number of aliphatic hydroxyl groups is 1. The summed E-state index contributed by atoms with van der Waals surface area (Å²) in [5.74, 6) is 0.914. The molecule has 2 N–H and O–H groups in total. The minimum absolute atomic E-state index is 0.0973. The Bertz CT molecular complexity index is 204. The molecule has 0 amide bonds. The smallest absolute Gasteiger partial charge is 0.0610 e. The fourth-order valence-corrected chi connectivity index (χ4v) is 2.66. The summed E-state index contributed by atoms with van der Waals surface area (Å²) in [7, 11) is 1.93. The van der Waals surface area contributed by atoms with E-state index in [-0.39, 0.29) is 12.1 Å². The maximum Gasteiger partial charge on any atom is 0.0610 e. The number of hydrogen-bond acceptors (Lipinski definition) is 3. The van der Waals surface area contributed by atoms with Gasteiger partial charge in [0.2, 0.25) is 0 Å². The highest BCUT2D eigenvalue weighted by molar-refractivity contribution is 4.81. The topological polar surface area (TPSA) is 35.5 Å². The van der Waals surface area contributed by atoms with Gasteiger partial charge in [-0.2, -0.15) is 0 Å². The number of hydrogen-bond donors (Lipinski definition) is 2. The second-order valence-electron chi connectivity index (χ2n) is 5.79. The van der Waals surface area contributed by atoms with Crippen molar-refractivity contribution in [3.8, 4) is 0 Å². The van der Waals surface area contributed by atoms with Gasteiger partial charge in [0.15, 0.2) is 0 Å². The van der Waals surface area contributed by atoms with E-state index in [0.29, 0.717) is 0 Å². The zero-order chi connectivity index (χ0) is 12.7. The Balaban J connectivity index is 2.21. The standard InChI is InChI=1S/C14H30N2O/c1-4-13-7-5-9-16(11-13)10-6-8-14(2,12-17)15-3/h13,15,17H,4-12H2,1-3H3. The first-order valence-electron chi connectivity index (χ1n) is 7.15. The maximum absolute atomic E-state index is 9.33. The van der Waals surface area contributed by atoms with E-state index in [9.17, 15) is 5.11 Å². The van der Waals surface area contributed by atoms with Gasteiger partial charge in [-0.15, -0.1) is 0 Å². The quantitative estimate of drug-likeness (QED) is 0.715. The summed E-state index contributed by atoms with van der Waals surface area (Å²) in [4.78, 5) is 2.60. The molecule has 1 aliphatic heterocycles. The lowest BCUT2D eigenvalue weighted by molar-refractivity contribution is 0.144. The highest BCUT2D eigenvalue weighted by Gasteiger charge is 2.22. The van der Waals surface area contributed by atoms with Crippen molar-refractivity contribution < 1.29 is 5.11 Å². The van der Waals surface area contributed by atoms with E-state index in [1.807, 2.05) is 7.05 Å². The summed E-state index contributed by atoms with van der Waals surface area (Å²) in [6, 6.07) is 0. The van der Waals surface area contributed by atoms with E-state index in [2.05, 4.69) is 24.1 Å². The highest BCUT2D eigenvalue weighted by atomic mass is 16.3. The van der Waals surface area contributed by atoms with Crippen LogP contribution in [-0.2, 0) is 0 Å². The molecule has 17 heavy (non-hydrogen) atoms. The van der Waals surface area contributed by atoms with Gasteiger partial charge in [0.1, 0.15) is 0 Å². The minimum atomic E-state index is -0.0973. The van der Waals surface area contributed by atoms with Crippen molar-refractivity contribution in [2.45, 2.75) is 51.5 Å². The lowest BCUT2D eigenvalue weighted by atomic mass is 9.94. The fraction of sp³-hybridized carbons (Fsp3) is 1.00. The first kappa shape index (κ1) is 14.9. The summed E-state index contributed by atoms with van der Waals surface area (Å²) < 4.78 is 0. The predicted molar refractivity (Wildman–Crippen MR) is 73.2 cm³/mol. The van der Waals surface area contributed by atoms with Crippen LogP contribution >= 0.6 is 0 Å². The summed E-state index contributed by atoms with van der Waals surface area (Å²) >= 11 is 0.